The molecule has 88 valence electrons. The van der Waals surface area contributed by atoms with E-state index in [1.54, 1.807) is 0 Å². The van der Waals surface area contributed by atoms with Crippen molar-refractivity contribution in [1.82, 2.24) is 15.5 Å². The second kappa shape index (κ2) is 7.51. The molecule has 1 fully saturated rings. The first-order valence-electron chi connectivity index (χ1n) is 6.08. The second-order valence-corrected chi connectivity index (χ2v) is 3.99. The van der Waals surface area contributed by atoms with E-state index in [1.807, 2.05) is 4.90 Å². The number of urea groups is 1. The normalized spacial score (nSPS) is 15.8. The van der Waals surface area contributed by atoms with Crippen LogP contribution in [0.25, 0.3) is 0 Å². The van der Waals surface area contributed by atoms with Gasteiger partial charge in [-0.2, -0.15) is 0 Å². The molecule has 0 radical (unpaired) electrons. The van der Waals surface area contributed by atoms with E-state index in [0.717, 1.165) is 39.1 Å². The molecule has 1 rings (SSSR count). The third-order valence-electron chi connectivity index (χ3n) is 2.73. The third kappa shape index (κ3) is 5.02. The van der Waals surface area contributed by atoms with E-state index < -0.39 is 0 Å². The zero-order chi connectivity index (χ0) is 10.9. The van der Waals surface area contributed by atoms with Gasteiger partial charge in [0.1, 0.15) is 0 Å². The first kappa shape index (κ1) is 12.3. The van der Waals surface area contributed by atoms with Crippen molar-refractivity contribution < 1.29 is 4.79 Å². The van der Waals surface area contributed by atoms with Crippen LogP contribution in [-0.4, -0.2) is 43.7 Å². The summed E-state index contributed by atoms with van der Waals surface area (Å²) in [6, 6.07) is 0.114. The minimum Gasteiger partial charge on any atom is -0.336 e. The molecule has 0 atom stereocenters. The fourth-order valence-corrected chi connectivity index (χ4v) is 1.81. The predicted molar refractivity (Wildman–Crippen MR) is 62.0 cm³/mol. The van der Waals surface area contributed by atoms with Crippen molar-refractivity contribution in [2.24, 2.45) is 0 Å². The van der Waals surface area contributed by atoms with E-state index in [1.165, 1.54) is 19.3 Å². The molecule has 4 heteroatoms. The topological polar surface area (TPSA) is 44.4 Å². The molecule has 2 N–H and O–H groups in total. The maximum Gasteiger partial charge on any atom is 0.317 e. The first-order chi connectivity index (χ1) is 7.34. The van der Waals surface area contributed by atoms with Gasteiger partial charge in [-0.25, -0.2) is 4.79 Å². The third-order valence-corrected chi connectivity index (χ3v) is 2.73. The van der Waals surface area contributed by atoms with E-state index in [4.69, 9.17) is 0 Å². The van der Waals surface area contributed by atoms with Gasteiger partial charge in [0.2, 0.25) is 0 Å². The van der Waals surface area contributed by atoms with Crippen molar-refractivity contribution in [1.29, 1.82) is 0 Å². The lowest BCUT2D eigenvalue weighted by molar-refractivity contribution is 0.216. The molecule has 0 aromatic rings. The van der Waals surface area contributed by atoms with Crippen LogP contribution in [0.5, 0.6) is 0 Å². The van der Waals surface area contributed by atoms with E-state index in [-0.39, 0.29) is 6.03 Å². The Morgan fingerprint density at radius 1 is 1.33 bits per heavy atom. The summed E-state index contributed by atoms with van der Waals surface area (Å²) < 4.78 is 0. The van der Waals surface area contributed by atoms with Gasteiger partial charge in [-0.05, 0) is 25.9 Å². The minimum atomic E-state index is 0.114. The Bertz CT molecular complexity index is 185. The average Bonchev–Trinajstić information content (AvgIpc) is 2.63. The van der Waals surface area contributed by atoms with Crippen molar-refractivity contribution in [3.8, 4) is 0 Å². The zero-order valence-electron chi connectivity index (χ0n) is 9.72. The molecule has 0 saturated carbocycles. The van der Waals surface area contributed by atoms with Gasteiger partial charge in [-0.3, -0.25) is 0 Å². The monoisotopic (exact) mass is 213 g/mol. The Hall–Kier alpha value is -0.770. The van der Waals surface area contributed by atoms with E-state index in [2.05, 4.69) is 17.6 Å². The lowest BCUT2D eigenvalue weighted by Gasteiger charge is -2.13. The van der Waals surface area contributed by atoms with Gasteiger partial charge in [0.05, 0.1) is 0 Å². The molecular formula is C11H23N3O. The predicted octanol–water partition coefficient (Wildman–Crippen LogP) is 1.18. The van der Waals surface area contributed by atoms with Gasteiger partial charge in [-0.1, -0.05) is 19.8 Å². The summed E-state index contributed by atoms with van der Waals surface area (Å²) in [6.45, 7) is 6.95. The van der Waals surface area contributed by atoms with Crippen LogP contribution in [0, 0.1) is 0 Å². The van der Waals surface area contributed by atoms with Gasteiger partial charge in [0.15, 0.2) is 0 Å². The highest BCUT2D eigenvalue weighted by molar-refractivity contribution is 5.76. The van der Waals surface area contributed by atoms with Crippen LogP contribution in [-0.2, 0) is 0 Å². The molecule has 15 heavy (non-hydrogen) atoms. The van der Waals surface area contributed by atoms with Gasteiger partial charge in [0.25, 0.3) is 0 Å². The summed E-state index contributed by atoms with van der Waals surface area (Å²) >= 11 is 0. The van der Waals surface area contributed by atoms with Crippen molar-refractivity contribution in [2.45, 2.75) is 32.6 Å². The van der Waals surface area contributed by atoms with Crippen molar-refractivity contribution >= 4 is 6.03 Å². The van der Waals surface area contributed by atoms with Gasteiger partial charge in [0, 0.05) is 19.6 Å². The molecular weight excluding hydrogens is 190 g/mol. The Kier molecular flexibility index (Phi) is 6.16. The summed E-state index contributed by atoms with van der Waals surface area (Å²) in [5, 5.41) is 6.13. The Balaban J connectivity index is 1.86. The molecule has 1 saturated heterocycles. The minimum absolute atomic E-state index is 0.114. The number of unbranched alkanes of at least 4 members (excludes halogenated alkanes) is 3. The summed E-state index contributed by atoms with van der Waals surface area (Å²) in [7, 11) is 0. The lowest BCUT2D eigenvalue weighted by Crippen LogP contribution is -2.28. The summed E-state index contributed by atoms with van der Waals surface area (Å²) in [6.07, 6.45) is 4.89. The van der Waals surface area contributed by atoms with Crippen LogP contribution in [0.3, 0.4) is 0 Å². The molecule has 0 aromatic heterocycles. The summed E-state index contributed by atoms with van der Waals surface area (Å²) in [5.41, 5.74) is 0. The summed E-state index contributed by atoms with van der Waals surface area (Å²) in [5.74, 6) is 0. The van der Waals surface area contributed by atoms with Crippen molar-refractivity contribution in [3.63, 3.8) is 0 Å². The SMILES string of the molecule is CCNCCCCCCN1CCNC1=O. The van der Waals surface area contributed by atoms with E-state index in [0.29, 0.717) is 0 Å². The van der Waals surface area contributed by atoms with E-state index in [9.17, 15) is 4.79 Å². The molecule has 0 spiro atoms. The Morgan fingerprint density at radius 2 is 2.13 bits per heavy atom. The molecule has 1 heterocycles. The molecule has 0 aromatic carbocycles. The number of carbonyl (C=O) groups is 1. The number of nitrogens with zero attached hydrogens (tertiary/aromatic N) is 1. The maximum atomic E-state index is 11.2. The molecule has 1 aliphatic heterocycles. The van der Waals surface area contributed by atoms with Crippen molar-refractivity contribution in [2.75, 3.05) is 32.7 Å². The number of rotatable bonds is 8. The molecule has 0 unspecified atom stereocenters. The lowest BCUT2D eigenvalue weighted by atomic mass is 10.2. The molecule has 4 nitrogen and oxygen atoms in total. The van der Waals surface area contributed by atoms with Crippen LogP contribution < -0.4 is 10.6 Å². The fraction of sp³-hybridized carbons (Fsp3) is 0.909. The highest BCUT2D eigenvalue weighted by Crippen LogP contribution is 2.03. The van der Waals surface area contributed by atoms with Crippen LogP contribution in [0.15, 0.2) is 0 Å². The molecule has 0 aliphatic carbocycles. The quantitative estimate of drug-likeness (QED) is 0.595. The van der Waals surface area contributed by atoms with Crippen LogP contribution in [0.2, 0.25) is 0 Å². The molecule has 2 amide bonds. The number of hydrogen-bond acceptors (Lipinski definition) is 2. The second-order valence-electron chi connectivity index (χ2n) is 3.99. The smallest absolute Gasteiger partial charge is 0.317 e. The number of nitrogens with one attached hydrogen (secondary N) is 2. The number of hydrogen-bond donors (Lipinski definition) is 2. The van der Waals surface area contributed by atoms with Crippen LogP contribution >= 0.6 is 0 Å². The summed E-state index contributed by atoms with van der Waals surface area (Å²) in [4.78, 5) is 13.1. The largest absolute Gasteiger partial charge is 0.336 e. The van der Waals surface area contributed by atoms with Gasteiger partial charge < -0.3 is 15.5 Å². The average molecular weight is 213 g/mol. The highest BCUT2D eigenvalue weighted by atomic mass is 16.2. The first-order valence-corrected chi connectivity index (χ1v) is 6.08. The maximum absolute atomic E-state index is 11.2. The Labute approximate surface area is 92.4 Å². The fourth-order valence-electron chi connectivity index (χ4n) is 1.81. The molecule has 0 bridgehead atoms. The standard InChI is InChI=1S/C11H23N3O/c1-2-12-7-5-3-4-6-9-14-10-8-13-11(14)15/h12H,2-10H2,1H3,(H,13,15). The van der Waals surface area contributed by atoms with E-state index >= 15 is 0 Å². The number of amides is 2. The molecule has 1 aliphatic rings. The highest BCUT2D eigenvalue weighted by Gasteiger charge is 2.17. The van der Waals surface area contributed by atoms with Crippen molar-refractivity contribution in [3.05, 3.63) is 0 Å². The van der Waals surface area contributed by atoms with Crippen LogP contribution in [0.4, 0.5) is 4.79 Å². The van der Waals surface area contributed by atoms with Gasteiger partial charge >= 0.3 is 6.03 Å². The zero-order valence-corrected chi connectivity index (χ0v) is 9.72. The Morgan fingerprint density at radius 3 is 2.80 bits per heavy atom. The van der Waals surface area contributed by atoms with Crippen LogP contribution in [0.1, 0.15) is 32.6 Å². The number of carbonyl (C=O) groups excluding carboxylic acids is 1. The van der Waals surface area contributed by atoms with Gasteiger partial charge in [-0.15, -0.1) is 0 Å².